The molecular weight excluding hydrogens is 461 g/mol. The van der Waals surface area contributed by atoms with E-state index in [0.717, 1.165) is 0 Å². The zero-order valence-corrected chi connectivity index (χ0v) is 20.9. The fraction of sp³-hybridized carbons (Fsp3) is 0.458. The van der Waals surface area contributed by atoms with Crippen molar-refractivity contribution >= 4 is 27.3 Å². The number of amides is 1. The lowest BCUT2D eigenvalue weighted by Crippen LogP contribution is -2.47. The van der Waals surface area contributed by atoms with Gasteiger partial charge < -0.3 is 19.7 Å². The Labute approximate surface area is 200 Å². The van der Waals surface area contributed by atoms with E-state index in [1.54, 1.807) is 37.9 Å². The Kier molecular flexibility index (Phi) is 8.04. The lowest BCUT2D eigenvalue weighted by Gasteiger charge is -2.25. The highest BCUT2D eigenvalue weighted by molar-refractivity contribution is 7.89. The maximum atomic E-state index is 14.6. The average molecular weight is 494 g/mol. The number of fused-ring (bicyclic) bond motifs is 1. The summed E-state index contributed by atoms with van der Waals surface area (Å²) in [5, 5.41) is 2.62. The van der Waals surface area contributed by atoms with Crippen molar-refractivity contribution in [3.8, 4) is 11.5 Å². The van der Waals surface area contributed by atoms with Gasteiger partial charge in [0, 0.05) is 31.3 Å². The molecule has 3 rings (SSSR count). The van der Waals surface area contributed by atoms with Crippen molar-refractivity contribution in [1.82, 2.24) is 4.72 Å². The van der Waals surface area contributed by atoms with Gasteiger partial charge in [-0.1, -0.05) is 13.8 Å². The Bertz CT molecular complexity index is 1140. The summed E-state index contributed by atoms with van der Waals surface area (Å²) < 4.78 is 54.3. The highest BCUT2D eigenvalue weighted by Gasteiger charge is 2.29. The molecule has 2 N–H and O–H groups in total. The molecule has 1 aliphatic heterocycles. The first-order valence-electron chi connectivity index (χ1n) is 11.2. The van der Waals surface area contributed by atoms with Crippen molar-refractivity contribution < 1.29 is 27.1 Å². The van der Waals surface area contributed by atoms with Crippen molar-refractivity contribution in [1.29, 1.82) is 0 Å². The molecule has 0 spiro atoms. The second-order valence-corrected chi connectivity index (χ2v) is 10.6. The van der Waals surface area contributed by atoms with E-state index in [1.807, 2.05) is 13.8 Å². The van der Waals surface area contributed by atoms with Crippen LogP contribution in [0.1, 0.15) is 34.1 Å². The summed E-state index contributed by atoms with van der Waals surface area (Å²) in [7, 11) is -2.27. The highest BCUT2D eigenvalue weighted by atomic mass is 32.2. The molecule has 186 valence electrons. The maximum Gasteiger partial charge on any atom is 0.242 e. The lowest BCUT2D eigenvalue weighted by molar-refractivity contribution is -0.118. The molecule has 0 aliphatic carbocycles. The molecule has 0 saturated heterocycles. The van der Waals surface area contributed by atoms with Crippen LogP contribution in [-0.2, 0) is 14.8 Å². The minimum absolute atomic E-state index is 0.0395. The van der Waals surface area contributed by atoms with Crippen molar-refractivity contribution in [3.63, 3.8) is 0 Å². The molecule has 34 heavy (non-hydrogen) atoms. The Morgan fingerprint density at radius 1 is 1.03 bits per heavy atom. The van der Waals surface area contributed by atoms with Gasteiger partial charge in [-0.15, -0.1) is 0 Å². The molecule has 1 amide bonds. The van der Waals surface area contributed by atoms with Gasteiger partial charge in [0.25, 0.3) is 0 Å². The Hall–Kier alpha value is -2.85. The van der Waals surface area contributed by atoms with E-state index in [9.17, 15) is 17.6 Å². The first-order chi connectivity index (χ1) is 16.0. The SMILES string of the molecule is CC(C)C(NS(=O)(=O)c1ccc2c(c1)OCCCO2)C(=O)Nc1ccc(N(C)C(C)C)c(F)c1. The van der Waals surface area contributed by atoms with Crippen LogP contribution in [0.4, 0.5) is 15.8 Å². The van der Waals surface area contributed by atoms with Crippen LogP contribution in [0.15, 0.2) is 41.3 Å². The molecule has 0 aromatic heterocycles. The number of hydrogen-bond donors (Lipinski definition) is 2. The van der Waals surface area contributed by atoms with Crippen molar-refractivity contribution in [2.24, 2.45) is 5.92 Å². The van der Waals surface area contributed by atoms with Gasteiger partial charge in [-0.25, -0.2) is 12.8 Å². The second-order valence-electron chi connectivity index (χ2n) is 8.86. The van der Waals surface area contributed by atoms with Gasteiger partial charge in [-0.2, -0.15) is 4.72 Å². The summed E-state index contributed by atoms with van der Waals surface area (Å²) in [6.45, 7) is 8.24. The number of anilines is 2. The van der Waals surface area contributed by atoms with E-state index in [1.165, 1.54) is 24.3 Å². The Balaban J connectivity index is 1.78. The molecular formula is C24H32FN3O5S. The molecule has 0 saturated carbocycles. The van der Waals surface area contributed by atoms with E-state index < -0.39 is 27.8 Å². The molecule has 0 fully saturated rings. The topological polar surface area (TPSA) is 97.0 Å². The zero-order valence-electron chi connectivity index (χ0n) is 20.1. The van der Waals surface area contributed by atoms with Gasteiger partial charge in [0.2, 0.25) is 15.9 Å². The molecule has 1 heterocycles. The molecule has 1 unspecified atom stereocenters. The molecule has 10 heteroatoms. The highest BCUT2D eigenvalue weighted by Crippen LogP contribution is 2.32. The van der Waals surface area contributed by atoms with E-state index >= 15 is 0 Å². The number of sulfonamides is 1. The number of ether oxygens (including phenoxy) is 2. The van der Waals surface area contributed by atoms with Gasteiger partial charge >= 0.3 is 0 Å². The average Bonchev–Trinajstić information content (AvgIpc) is 3.01. The van der Waals surface area contributed by atoms with E-state index in [4.69, 9.17) is 9.47 Å². The van der Waals surface area contributed by atoms with Crippen LogP contribution in [0.3, 0.4) is 0 Å². The zero-order chi connectivity index (χ0) is 25.0. The second kappa shape index (κ2) is 10.6. The molecule has 2 aromatic carbocycles. The van der Waals surface area contributed by atoms with Crippen LogP contribution in [0, 0.1) is 11.7 Å². The molecule has 0 bridgehead atoms. The number of rotatable bonds is 8. The van der Waals surface area contributed by atoms with Crippen molar-refractivity contribution in [2.45, 2.75) is 51.1 Å². The van der Waals surface area contributed by atoms with Crippen molar-refractivity contribution in [3.05, 3.63) is 42.2 Å². The Morgan fingerprint density at radius 3 is 2.32 bits per heavy atom. The predicted octanol–water partition coefficient (Wildman–Crippen LogP) is 3.77. The third-order valence-corrected chi connectivity index (χ3v) is 7.07. The first-order valence-corrected chi connectivity index (χ1v) is 12.7. The minimum atomic E-state index is -4.05. The van der Waals surface area contributed by atoms with Crippen LogP contribution >= 0.6 is 0 Å². The number of nitrogens with one attached hydrogen (secondary N) is 2. The fourth-order valence-corrected chi connectivity index (χ4v) is 4.77. The summed E-state index contributed by atoms with van der Waals surface area (Å²) in [6, 6.07) is 7.74. The largest absolute Gasteiger partial charge is 0.490 e. The smallest absolute Gasteiger partial charge is 0.242 e. The van der Waals surface area contributed by atoms with E-state index in [-0.39, 0.29) is 22.5 Å². The quantitative estimate of drug-likeness (QED) is 0.581. The van der Waals surface area contributed by atoms with Crippen LogP contribution in [-0.4, -0.2) is 46.7 Å². The predicted molar refractivity (Wildman–Crippen MR) is 130 cm³/mol. The standard InChI is InChI=1S/C24H32FN3O5S/c1-15(2)23(24(29)26-17-7-9-20(19(25)13-17)28(5)16(3)4)27-34(30,31)18-8-10-21-22(14-18)33-12-6-11-32-21/h7-10,13-16,23,27H,6,11-12H2,1-5H3,(H,26,29). The van der Waals surface area contributed by atoms with Crippen molar-refractivity contribution in [2.75, 3.05) is 30.5 Å². The maximum absolute atomic E-state index is 14.6. The number of nitrogens with zero attached hydrogens (tertiary/aromatic N) is 1. The third kappa shape index (κ3) is 5.98. The summed E-state index contributed by atoms with van der Waals surface area (Å²) in [6.07, 6.45) is 0.694. The third-order valence-electron chi connectivity index (χ3n) is 5.63. The lowest BCUT2D eigenvalue weighted by atomic mass is 10.0. The normalized spacial score (nSPS) is 14.6. The van der Waals surface area contributed by atoms with E-state index in [2.05, 4.69) is 10.0 Å². The van der Waals surface area contributed by atoms with Gasteiger partial charge in [-0.05, 0) is 50.1 Å². The van der Waals surface area contributed by atoms with Gasteiger partial charge in [0.05, 0.1) is 23.8 Å². The number of halogens is 1. The molecule has 2 aromatic rings. The number of benzene rings is 2. The number of carbonyl (C=O) groups is 1. The van der Waals surface area contributed by atoms with Crippen LogP contribution in [0.5, 0.6) is 11.5 Å². The van der Waals surface area contributed by atoms with Gasteiger partial charge in [0.1, 0.15) is 11.9 Å². The number of carbonyl (C=O) groups excluding carboxylic acids is 1. The molecule has 1 atom stereocenters. The molecule has 1 aliphatic rings. The fourth-order valence-electron chi connectivity index (χ4n) is 3.41. The summed E-state index contributed by atoms with van der Waals surface area (Å²) >= 11 is 0. The van der Waals surface area contributed by atoms with Gasteiger partial charge in [-0.3, -0.25) is 4.79 Å². The number of hydrogen-bond acceptors (Lipinski definition) is 6. The van der Waals surface area contributed by atoms with Gasteiger partial charge in [0.15, 0.2) is 11.5 Å². The van der Waals surface area contributed by atoms with Crippen LogP contribution in [0.25, 0.3) is 0 Å². The molecule has 0 radical (unpaired) electrons. The summed E-state index contributed by atoms with van der Waals surface area (Å²) in [5.74, 6) is -0.623. The molecule has 8 nitrogen and oxygen atoms in total. The van der Waals surface area contributed by atoms with Crippen LogP contribution < -0.4 is 24.4 Å². The first kappa shape index (κ1) is 25.8. The summed E-state index contributed by atoms with van der Waals surface area (Å²) in [4.78, 5) is 14.7. The minimum Gasteiger partial charge on any atom is -0.490 e. The summed E-state index contributed by atoms with van der Waals surface area (Å²) in [5.41, 5.74) is 0.646. The van der Waals surface area contributed by atoms with E-state index in [0.29, 0.717) is 36.8 Å². The monoisotopic (exact) mass is 493 g/mol. The van der Waals surface area contributed by atoms with Crippen LogP contribution in [0.2, 0.25) is 0 Å². The Morgan fingerprint density at radius 2 is 1.71 bits per heavy atom.